The van der Waals surface area contributed by atoms with Gasteiger partial charge < -0.3 is 10.5 Å². The number of unbranched alkanes of at least 4 members (excludes halogenated alkanes) is 1. The summed E-state index contributed by atoms with van der Waals surface area (Å²) in [4.78, 5) is 0. The van der Waals surface area contributed by atoms with Crippen molar-refractivity contribution in [1.82, 2.24) is 0 Å². The molecule has 0 aliphatic rings. The molecule has 2 aromatic rings. The van der Waals surface area contributed by atoms with Crippen LogP contribution < -0.4 is 10.5 Å². The van der Waals surface area contributed by atoms with Crippen LogP contribution in [0.1, 0.15) is 24.0 Å². The summed E-state index contributed by atoms with van der Waals surface area (Å²) in [5, 5.41) is 0. The molecule has 108 valence electrons. The van der Waals surface area contributed by atoms with Crippen LogP contribution in [0.25, 0.3) is 0 Å². The molecule has 0 aromatic heterocycles. The third-order valence-electron chi connectivity index (χ3n) is 3.16. The van der Waals surface area contributed by atoms with Crippen molar-refractivity contribution in [2.45, 2.75) is 19.3 Å². The van der Waals surface area contributed by atoms with Crippen LogP contribution in [0.15, 0.2) is 54.6 Å². The summed E-state index contributed by atoms with van der Waals surface area (Å²) in [6, 6.07) is 18.4. The first-order chi connectivity index (χ1) is 10.4. The summed E-state index contributed by atoms with van der Waals surface area (Å²) in [5.74, 6) is 6.73. The van der Waals surface area contributed by atoms with Crippen LogP contribution in [-0.4, -0.2) is 13.2 Å². The predicted molar refractivity (Wildman–Crippen MR) is 87.2 cm³/mol. The molecule has 0 bridgehead atoms. The summed E-state index contributed by atoms with van der Waals surface area (Å²) in [6.07, 6.45) is 3.31. The van der Waals surface area contributed by atoms with E-state index >= 15 is 0 Å². The minimum absolute atomic E-state index is 0.389. The van der Waals surface area contributed by atoms with Gasteiger partial charge in [-0.3, -0.25) is 0 Å². The first-order valence-electron chi connectivity index (χ1n) is 7.34. The van der Waals surface area contributed by atoms with Crippen LogP contribution in [0.3, 0.4) is 0 Å². The van der Waals surface area contributed by atoms with Crippen LogP contribution >= 0.6 is 0 Å². The third-order valence-corrected chi connectivity index (χ3v) is 3.16. The molecule has 0 spiro atoms. The van der Waals surface area contributed by atoms with E-state index in [-0.39, 0.29) is 0 Å². The summed E-state index contributed by atoms with van der Waals surface area (Å²) in [5.41, 5.74) is 7.70. The Labute approximate surface area is 126 Å². The molecule has 2 nitrogen and oxygen atoms in total. The van der Waals surface area contributed by atoms with Crippen LogP contribution in [0.5, 0.6) is 5.75 Å². The van der Waals surface area contributed by atoms with E-state index in [0.29, 0.717) is 6.54 Å². The van der Waals surface area contributed by atoms with E-state index in [1.165, 1.54) is 5.56 Å². The maximum Gasteiger partial charge on any atom is 0.119 e. The second-order valence-electron chi connectivity index (χ2n) is 4.82. The Kier molecular flexibility index (Phi) is 6.38. The number of aryl methyl sites for hydroxylation is 1. The number of ether oxygens (including phenoxy) is 1. The van der Waals surface area contributed by atoms with Gasteiger partial charge in [-0.25, -0.2) is 0 Å². The van der Waals surface area contributed by atoms with Crippen LogP contribution in [0, 0.1) is 11.8 Å². The monoisotopic (exact) mass is 279 g/mol. The topological polar surface area (TPSA) is 35.2 Å². The van der Waals surface area contributed by atoms with Gasteiger partial charge in [0.15, 0.2) is 0 Å². The van der Waals surface area contributed by atoms with Gasteiger partial charge in [-0.05, 0) is 49.1 Å². The molecule has 0 fully saturated rings. The van der Waals surface area contributed by atoms with Crippen molar-refractivity contribution in [1.29, 1.82) is 0 Å². The van der Waals surface area contributed by atoms with Crippen molar-refractivity contribution < 1.29 is 4.74 Å². The maximum atomic E-state index is 5.73. The highest BCUT2D eigenvalue weighted by molar-refractivity contribution is 5.38. The molecule has 0 unspecified atom stereocenters. The van der Waals surface area contributed by atoms with Crippen LogP contribution in [-0.2, 0) is 6.42 Å². The van der Waals surface area contributed by atoms with Crippen LogP contribution in [0.4, 0.5) is 0 Å². The fraction of sp³-hybridized carbons (Fsp3) is 0.263. The third kappa shape index (κ3) is 5.72. The Morgan fingerprint density at radius 1 is 0.905 bits per heavy atom. The van der Waals surface area contributed by atoms with Crippen molar-refractivity contribution in [2.24, 2.45) is 5.73 Å². The molecule has 0 atom stereocenters. The first-order valence-corrected chi connectivity index (χ1v) is 7.34. The SMILES string of the molecule is NCC#Cc1ccc(OCCCCc2ccccc2)cc1. The van der Waals surface area contributed by atoms with Crippen molar-refractivity contribution in [3.05, 3.63) is 65.7 Å². The molecular formula is C19H21NO. The zero-order valence-electron chi connectivity index (χ0n) is 12.2. The van der Waals surface area contributed by atoms with E-state index < -0.39 is 0 Å². The Hall–Kier alpha value is -2.24. The molecule has 2 N–H and O–H groups in total. The lowest BCUT2D eigenvalue weighted by atomic mass is 10.1. The van der Waals surface area contributed by atoms with Crippen molar-refractivity contribution >= 4 is 0 Å². The summed E-state index contributed by atoms with van der Waals surface area (Å²) in [6.45, 7) is 1.14. The lowest BCUT2D eigenvalue weighted by Gasteiger charge is -2.06. The summed E-state index contributed by atoms with van der Waals surface area (Å²) >= 11 is 0. The zero-order chi connectivity index (χ0) is 14.8. The maximum absolute atomic E-state index is 5.73. The Morgan fingerprint density at radius 3 is 2.38 bits per heavy atom. The van der Waals surface area contributed by atoms with E-state index in [9.17, 15) is 0 Å². The standard InChI is InChI=1S/C19H21NO/c20-15-6-10-18-11-13-19(14-12-18)21-16-5-4-9-17-7-2-1-3-8-17/h1-3,7-8,11-14H,4-5,9,15-16,20H2. The highest BCUT2D eigenvalue weighted by Gasteiger charge is 1.95. The molecule has 2 heteroatoms. The minimum Gasteiger partial charge on any atom is -0.494 e. The number of hydrogen-bond donors (Lipinski definition) is 1. The molecule has 2 rings (SSSR count). The number of hydrogen-bond acceptors (Lipinski definition) is 2. The molecule has 0 radical (unpaired) electrons. The van der Waals surface area contributed by atoms with E-state index in [4.69, 9.17) is 10.5 Å². The average Bonchev–Trinajstić information content (AvgIpc) is 2.55. The fourth-order valence-electron chi connectivity index (χ4n) is 2.05. The Morgan fingerprint density at radius 2 is 1.67 bits per heavy atom. The highest BCUT2D eigenvalue weighted by Crippen LogP contribution is 2.12. The molecule has 0 heterocycles. The molecule has 0 aliphatic heterocycles. The number of benzene rings is 2. The largest absolute Gasteiger partial charge is 0.494 e. The first kappa shape index (κ1) is 15.2. The van der Waals surface area contributed by atoms with Gasteiger partial charge in [0.2, 0.25) is 0 Å². The van der Waals surface area contributed by atoms with Gasteiger partial charge in [0, 0.05) is 5.56 Å². The quantitative estimate of drug-likeness (QED) is 0.650. The Bertz CT molecular complexity index is 578. The van der Waals surface area contributed by atoms with Gasteiger partial charge in [-0.2, -0.15) is 0 Å². The highest BCUT2D eigenvalue weighted by atomic mass is 16.5. The van der Waals surface area contributed by atoms with Gasteiger partial charge in [-0.1, -0.05) is 42.2 Å². The predicted octanol–water partition coefficient (Wildman–Crippen LogP) is 3.40. The molecule has 2 aromatic carbocycles. The normalized spacial score (nSPS) is 9.76. The molecule has 0 aliphatic carbocycles. The van der Waals surface area contributed by atoms with Gasteiger partial charge in [-0.15, -0.1) is 0 Å². The number of nitrogens with two attached hydrogens (primary N) is 1. The second kappa shape index (κ2) is 8.84. The van der Waals surface area contributed by atoms with Crippen molar-refractivity contribution in [3.63, 3.8) is 0 Å². The molecule has 0 saturated heterocycles. The lowest BCUT2D eigenvalue weighted by molar-refractivity contribution is 0.307. The van der Waals surface area contributed by atoms with E-state index in [0.717, 1.165) is 37.2 Å². The molecule has 21 heavy (non-hydrogen) atoms. The lowest BCUT2D eigenvalue weighted by Crippen LogP contribution is -1.98. The van der Waals surface area contributed by atoms with Gasteiger partial charge >= 0.3 is 0 Å². The van der Waals surface area contributed by atoms with Crippen molar-refractivity contribution in [3.8, 4) is 17.6 Å². The van der Waals surface area contributed by atoms with E-state index in [1.807, 2.05) is 30.3 Å². The van der Waals surface area contributed by atoms with Gasteiger partial charge in [0.1, 0.15) is 5.75 Å². The van der Waals surface area contributed by atoms with E-state index in [1.54, 1.807) is 0 Å². The van der Waals surface area contributed by atoms with Gasteiger partial charge in [0.05, 0.1) is 13.2 Å². The average molecular weight is 279 g/mol. The smallest absolute Gasteiger partial charge is 0.119 e. The second-order valence-corrected chi connectivity index (χ2v) is 4.82. The van der Waals surface area contributed by atoms with Crippen molar-refractivity contribution in [2.75, 3.05) is 13.2 Å². The van der Waals surface area contributed by atoms with Gasteiger partial charge in [0.25, 0.3) is 0 Å². The Balaban J connectivity index is 1.66. The van der Waals surface area contributed by atoms with Crippen LogP contribution in [0.2, 0.25) is 0 Å². The molecule has 0 amide bonds. The summed E-state index contributed by atoms with van der Waals surface area (Å²) in [7, 11) is 0. The van der Waals surface area contributed by atoms with E-state index in [2.05, 4.69) is 36.1 Å². The summed E-state index contributed by atoms with van der Waals surface area (Å²) < 4.78 is 5.73. The zero-order valence-corrected chi connectivity index (χ0v) is 12.2. The number of rotatable bonds is 6. The molecular weight excluding hydrogens is 258 g/mol. The molecule has 0 saturated carbocycles. The minimum atomic E-state index is 0.389. The fourth-order valence-corrected chi connectivity index (χ4v) is 2.05.